The third kappa shape index (κ3) is 4.12. The van der Waals surface area contributed by atoms with Crippen LogP contribution in [0.25, 0.3) is 5.65 Å². The molecule has 3 heterocycles. The molecule has 10 heteroatoms. The Morgan fingerprint density at radius 1 is 1.39 bits per heavy atom. The summed E-state index contributed by atoms with van der Waals surface area (Å²) in [5.74, 6) is 0.728. The summed E-state index contributed by atoms with van der Waals surface area (Å²) in [5.41, 5.74) is 1.49. The van der Waals surface area contributed by atoms with Gasteiger partial charge in [0.25, 0.3) is 5.91 Å². The Morgan fingerprint density at radius 2 is 2.21 bits per heavy atom. The van der Waals surface area contributed by atoms with Gasteiger partial charge in [0, 0.05) is 24.3 Å². The molecule has 3 aromatic rings. The Morgan fingerprint density at radius 3 is 2.94 bits per heavy atom. The third-order valence-electron chi connectivity index (χ3n) is 6.33. The minimum Gasteiger partial charge on any atom is -0.493 e. The molecule has 1 aliphatic heterocycles. The minimum atomic E-state index is -0.461. The smallest absolute Gasteiger partial charge is 0.256 e. The monoisotopic (exact) mass is 471 g/mol. The number of ether oxygens (including phenoxy) is 2. The maximum absolute atomic E-state index is 13.6. The van der Waals surface area contributed by atoms with E-state index in [4.69, 9.17) is 21.1 Å². The molecule has 0 radical (unpaired) electrons. The highest BCUT2D eigenvalue weighted by atomic mass is 35.5. The van der Waals surface area contributed by atoms with Crippen molar-refractivity contribution in [2.24, 2.45) is 0 Å². The van der Waals surface area contributed by atoms with Gasteiger partial charge in [-0.1, -0.05) is 23.7 Å². The zero-order valence-electron chi connectivity index (χ0n) is 18.5. The lowest BCUT2D eigenvalue weighted by Crippen LogP contribution is -2.68. The number of amides is 1. The molecule has 1 unspecified atom stereocenters. The van der Waals surface area contributed by atoms with E-state index in [1.54, 1.807) is 16.8 Å². The lowest BCUT2D eigenvalue weighted by molar-refractivity contribution is -0.154. The predicted octanol–water partition coefficient (Wildman–Crippen LogP) is 2.76. The van der Waals surface area contributed by atoms with Gasteiger partial charge in [-0.25, -0.2) is 4.52 Å². The van der Waals surface area contributed by atoms with Gasteiger partial charge in [-0.3, -0.25) is 4.79 Å². The van der Waals surface area contributed by atoms with Crippen LogP contribution in [0.2, 0.25) is 5.02 Å². The molecule has 1 saturated heterocycles. The summed E-state index contributed by atoms with van der Waals surface area (Å²) in [7, 11) is 1.54. The SMILES string of the molecule is COc1cc(C(=O)N2CC(C)OC[C@]23C[C@H](O)C3)cn2nc(NCc3cccc(Cl)c3)nc12. The number of morpholine rings is 1. The van der Waals surface area contributed by atoms with Gasteiger partial charge in [-0.15, -0.1) is 5.10 Å². The average molecular weight is 472 g/mol. The molecule has 5 rings (SSSR count). The molecule has 2 N–H and O–H groups in total. The van der Waals surface area contributed by atoms with Crippen molar-refractivity contribution < 1.29 is 19.4 Å². The molecule has 2 fully saturated rings. The fourth-order valence-electron chi connectivity index (χ4n) is 4.61. The lowest BCUT2D eigenvalue weighted by atomic mass is 9.72. The Balaban J connectivity index is 1.42. The molecule has 1 saturated carbocycles. The number of nitrogens with one attached hydrogen (secondary N) is 1. The van der Waals surface area contributed by atoms with Crippen molar-refractivity contribution in [2.45, 2.75) is 44.1 Å². The second-order valence-electron chi connectivity index (χ2n) is 8.81. The summed E-state index contributed by atoms with van der Waals surface area (Å²) in [6.45, 7) is 3.34. The van der Waals surface area contributed by atoms with Crippen LogP contribution in [-0.2, 0) is 11.3 Å². The normalized spacial score (nSPS) is 24.7. The second kappa shape index (κ2) is 8.48. The first-order valence-corrected chi connectivity index (χ1v) is 11.3. The molecule has 33 heavy (non-hydrogen) atoms. The van der Waals surface area contributed by atoms with Crippen LogP contribution in [-0.4, -0.2) is 68.5 Å². The van der Waals surface area contributed by atoms with E-state index in [-0.39, 0.29) is 12.0 Å². The summed E-state index contributed by atoms with van der Waals surface area (Å²) < 4.78 is 12.9. The molecule has 1 amide bonds. The molecule has 0 bridgehead atoms. The van der Waals surface area contributed by atoms with Gasteiger partial charge in [0.1, 0.15) is 0 Å². The Bertz CT molecular complexity index is 1190. The van der Waals surface area contributed by atoms with Gasteiger partial charge in [0.2, 0.25) is 5.95 Å². The summed E-state index contributed by atoms with van der Waals surface area (Å²) in [5, 5.41) is 18.3. The number of anilines is 1. The number of methoxy groups -OCH3 is 1. The molecule has 174 valence electrons. The maximum Gasteiger partial charge on any atom is 0.256 e. The summed E-state index contributed by atoms with van der Waals surface area (Å²) in [6.07, 6.45) is 2.23. The molecule has 1 spiro atoms. The Kier molecular flexibility index (Phi) is 5.64. The topological polar surface area (TPSA) is 101 Å². The third-order valence-corrected chi connectivity index (χ3v) is 6.57. The van der Waals surface area contributed by atoms with Crippen LogP contribution >= 0.6 is 11.6 Å². The summed E-state index contributed by atoms with van der Waals surface area (Å²) in [4.78, 5) is 19.9. The number of pyridine rings is 1. The highest BCUT2D eigenvalue weighted by Crippen LogP contribution is 2.42. The van der Waals surface area contributed by atoms with Crippen molar-refractivity contribution in [2.75, 3.05) is 25.6 Å². The number of benzene rings is 1. The number of carbonyl (C=O) groups is 1. The van der Waals surface area contributed by atoms with Crippen molar-refractivity contribution in [1.29, 1.82) is 0 Å². The van der Waals surface area contributed by atoms with Crippen molar-refractivity contribution >= 4 is 29.1 Å². The Hall–Kier alpha value is -2.88. The molecular weight excluding hydrogens is 446 g/mol. The van der Waals surface area contributed by atoms with Gasteiger partial charge in [0.15, 0.2) is 11.4 Å². The van der Waals surface area contributed by atoms with Crippen molar-refractivity contribution in [3.8, 4) is 5.75 Å². The van der Waals surface area contributed by atoms with Gasteiger partial charge >= 0.3 is 0 Å². The number of carbonyl (C=O) groups excluding carboxylic acids is 1. The van der Waals surface area contributed by atoms with Crippen molar-refractivity contribution in [3.05, 3.63) is 52.7 Å². The van der Waals surface area contributed by atoms with Crippen LogP contribution in [0.5, 0.6) is 5.75 Å². The highest BCUT2D eigenvalue weighted by molar-refractivity contribution is 6.30. The van der Waals surface area contributed by atoms with Crippen molar-refractivity contribution in [3.63, 3.8) is 0 Å². The number of hydrogen-bond acceptors (Lipinski definition) is 7. The van der Waals surface area contributed by atoms with Crippen LogP contribution in [0, 0.1) is 0 Å². The van der Waals surface area contributed by atoms with Crippen molar-refractivity contribution in [1.82, 2.24) is 19.5 Å². The first-order valence-electron chi connectivity index (χ1n) is 10.9. The molecule has 1 aromatic carbocycles. The predicted molar refractivity (Wildman–Crippen MR) is 123 cm³/mol. The molecule has 2 aromatic heterocycles. The number of aliphatic hydroxyl groups is 1. The number of rotatable bonds is 5. The number of halogens is 1. The number of aromatic nitrogens is 3. The quantitative estimate of drug-likeness (QED) is 0.590. The average Bonchev–Trinajstić information content (AvgIpc) is 3.20. The van der Waals surface area contributed by atoms with E-state index in [1.165, 1.54) is 7.11 Å². The second-order valence-corrected chi connectivity index (χ2v) is 9.24. The van der Waals surface area contributed by atoms with Crippen LogP contribution in [0.4, 0.5) is 5.95 Å². The van der Waals surface area contributed by atoms with Gasteiger partial charge in [-0.2, -0.15) is 4.98 Å². The van der Waals surface area contributed by atoms with Crippen LogP contribution in [0.3, 0.4) is 0 Å². The fraction of sp³-hybridized carbons (Fsp3) is 0.435. The first-order chi connectivity index (χ1) is 15.9. The molecule has 1 atom stereocenters. The van der Waals surface area contributed by atoms with E-state index < -0.39 is 11.6 Å². The van der Waals surface area contributed by atoms with Crippen LogP contribution < -0.4 is 10.1 Å². The van der Waals surface area contributed by atoms with Gasteiger partial charge < -0.3 is 24.8 Å². The number of hydrogen-bond donors (Lipinski definition) is 2. The number of nitrogens with zero attached hydrogens (tertiary/aromatic N) is 4. The zero-order valence-corrected chi connectivity index (χ0v) is 19.2. The Labute approximate surface area is 196 Å². The van der Waals surface area contributed by atoms with E-state index >= 15 is 0 Å². The minimum absolute atomic E-state index is 0.0726. The lowest BCUT2D eigenvalue weighted by Gasteiger charge is -2.55. The van der Waals surface area contributed by atoms with E-state index in [1.807, 2.05) is 36.1 Å². The first kappa shape index (κ1) is 21.9. The van der Waals surface area contributed by atoms with Crippen LogP contribution in [0.1, 0.15) is 35.7 Å². The van der Waals surface area contributed by atoms with Gasteiger partial charge in [-0.05, 0) is 43.5 Å². The molecular formula is C23H26ClN5O4. The van der Waals surface area contributed by atoms with Crippen LogP contribution in [0.15, 0.2) is 36.5 Å². The standard InChI is InChI=1S/C23H26ClN5O4/c1-14-11-28(23(13-33-14)8-18(30)9-23)21(31)16-7-19(32-2)20-26-22(27-29(20)12-16)25-10-15-4-3-5-17(24)6-15/h3-7,12,14,18,30H,8-11,13H2,1-2H3,(H,25,27)/t14?,18-,23+. The summed E-state index contributed by atoms with van der Waals surface area (Å²) in [6, 6.07) is 9.23. The van der Waals surface area contributed by atoms with Gasteiger partial charge in [0.05, 0.1) is 37.0 Å². The molecule has 9 nitrogen and oxygen atoms in total. The number of fused-ring (bicyclic) bond motifs is 1. The number of aliphatic hydroxyl groups excluding tert-OH is 1. The maximum atomic E-state index is 13.6. The largest absolute Gasteiger partial charge is 0.493 e. The van der Waals surface area contributed by atoms with E-state index in [0.29, 0.717) is 60.5 Å². The van der Waals surface area contributed by atoms with E-state index in [9.17, 15) is 9.90 Å². The fourth-order valence-corrected chi connectivity index (χ4v) is 4.83. The molecule has 2 aliphatic rings. The van der Waals surface area contributed by atoms with E-state index in [0.717, 1.165) is 5.56 Å². The molecule has 1 aliphatic carbocycles. The highest BCUT2D eigenvalue weighted by Gasteiger charge is 2.53. The zero-order chi connectivity index (χ0) is 23.2. The summed E-state index contributed by atoms with van der Waals surface area (Å²) >= 11 is 6.06. The van der Waals surface area contributed by atoms with E-state index in [2.05, 4.69) is 15.4 Å².